The van der Waals surface area contributed by atoms with Gasteiger partial charge < -0.3 is 14.4 Å². The Balaban J connectivity index is 2.27. The highest BCUT2D eigenvalue weighted by Gasteiger charge is 2.30. The Kier molecular flexibility index (Phi) is 6.06. The first-order valence-corrected chi connectivity index (χ1v) is 11.7. The van der Waals surface area contributed by atoms with E-state index in [4.69, 9.17) is 14.5 Å². The van der Waals surface area contributed by atoms with Gasteiger partial charge in [0.2, 0.25) is 0 Å². The lowest BCUT2D eigenvalue weighted by molar-refractivity contribution is 0.0821. The lowest BCUT2D eigenvalue weighted by Gasteiger charge is -2.33. The maximum Gasteiger partial charge on any atom is 0.407 e. The van der Waals surface area contributed by atoms with Crippen molar-refractivity contribution >= 4 is 20.7 Å². The minimum Gasteiger partial charge on any atom is -0.465 e. The van der Waals surface area contributed by atoms with Gasteiger partial charge >= 0.3 is 6.09 Å². The van der Waals surface area contributed by atoms with Gasteiger partial charge in [0.05, 0.1) is 11.8 Å². The van der Waals surface area contributed by atoms with E-state index in [0.717, 1.165) is 23.2 Å². The summed E-state index contributed by atoms with van der Waals surface area (Å²) in [7, 11) is -1.19. The van der Waals surface area contributed by atoms with E-state index in [0.29, 0.717) is 13.1 Å². The van der Waals surface area contributed by atoms with Crippen LogP contribution < -0.4 is 0 Å². The van der Waals surface area contributed by atoms with Crippen molar-refractivity contribution < 1.29 is 14.3 Å². The second-order valence-corrected chi connectivity index (χ2v) is 10.4. The van der Waals surface area contributed by atoms with Crippen LogP contribution in [0.5, 0.6) is 0 Å². The second kappa shape index (κ2) is 7.70. The monoisotopic (exact) mass is 362 g/mol. The maximum atomic E-state index is 11.0. The van der Waals surface area contributed by atoms with Gasteiger partial charge in [-0.1, -0.05) is 26.8 Å². The zero-order valence-corrected chi connectivity index (χ0v) is 17.3. The van der Waals surface area contributed by atoms with E-state index in [9.17, 15) is 4.79 Å². The van der Waals surface area contributed by atoms with Gasteiger partial charge in [-0.3, -0.25) is 4.98 Å². The van der Waals surface area contributed by atoms with Crippen LogP contribution in [0.1, 0.15) is 50.1 Å². The molecule has 1 aromatic heterocycles. The third-order valence-corrected chi connectivity index (χ3v) is 5.23. The number of aromatic nitrogens is 1. The summed E-state index contributed by atoms with van der Waals surface area (Å²) in [6.45, 7) is 14.0. The molecule has 0 saturated carbocycles. The van der Waals surface area contributed by atoms with E-state index in [2.05, 4.69) is 46.9 Å². The van der Waals surface area contributed by atoms with Crippen molar-refractivity contribution in [2.24, 2.45) is 5.41 Å². The van der Waals surface area contributed by atoms with Crippen LogP contribution in [-0.4, -0.2) is 43.2 Å². The molecule has 5 nitrogen and oxygen atoms in total. The van der Waals surface area contributed by atoms with Gasteiger partial charge in [0.1, 0.15) is 0 Å². The molecule has 6 heteroatoms. The minimum atomic E-state index is -1.19. The zero-order chi connectivity index (χ0) is 18.8. The molecule has 1 amide bonds. The molecule has 2 rings (SSSR count). The maximum absolute atomic E-state index is 11.0. The molecule has 1 atom stereocenters. The van der Waals surface area contributed by atoms with Gasteiger partial charge in [-0.05, 0) is 54.6 Å². The number of hydrogen-bond donors (Lipinski definition) is 1. The topological polar surface area (TPSA) is 62.7 Å². The average molecular weight is 363 g/mol. The van der Waals surface area contributed by atoms with Crippen LogP contribution in [0.15, 0.2) is 18.3 Å². The summed E-state index contributed by atoms with van der Waals surface area (Å²) < 4.78 is 6.30. The van der Waals surface area contributed by atoms with E-state index in [-0.39, 0.29) is 11.5 Å². The molecule has 0 aliphatic carbocycles. The summed E-state index contributed by atoms with van der Waals surface area (Å²) in [4.78, 5) is 17.2. The number of aryl methyl sites for hydroxylation is 1. The Bertz CT molecular complexity index is 665. The van der Waals surface area contributed by atoms with Crippen molar-refractivity contribution in [3.05, 3.63) is 35.2 Å². The molecule has 0 saturated heterocycles. The first kappa shape index (κ1) is 19.7. The van der Waals surface area contributed by atoms with Crippen LogP contribution in [0.2, 0.25) is 13.1 Å². The number of amides is 1. The molecular formula is C19H30N2O3Si. The van der Waals surface area contributed by atoms with Crippen molar-refractivity contribution in [1.82, 2.24) is 9.88 Å². The summed E-state index contributed by atoms with van der Waals surface area (Å²) in [6, 6.07) is 2.16. The van der Waals surface area contributed by atoms with Gasteiger partial charge in [-0.2, -0.15) is 0 Å². The second-order valence-electron chi connectivity index (χ2n) is 8.06. The minimum absolute atomic E-state index is 0.00365. The molecule has 0 bridgehead atoms. The van der Waals surface area contributed by atoms with Crippen molar-refractivity contribution in [1.29, 1.82) is 0 Å². The fourth-order valence-corrected chi connectivity index (χ4v) is 4.17. The van der Waals surface area contributed by atoms with E-state index >= 15 is 0 Å². The lowest BCUT2D eigenvalue weighted by atomic mass is 9.85. The molecule has 1 aromatic rings. The molecule has 0 radical (unpaired) electrons. The average Bonchev–Trinajstić information content (AvgIpc) is 2.52. The number of hydrogen-bond acceptors (Lipinski definition) is 3. The molecule has 0 spiro atoms. The summed E-state index contributed by atoms with van der Waals surface area (Å²) in [5, 5.41) is 9.06. The van der Waals surface area contributed by atoms with Gasteiger partial charge in [0.15, 0.2) is 9.04 Å². The van der Waals surface area contributed by atoms with Crippen LogP contribution >= 0.6 is 0 Å². The van der Waals surface area contributed by atoms with Crippen LogP contribution in [-0.2, 0) is 4.43 Å². The van der Waals surface area contributed by atoms with Crippen LogP contribution in [0.4, 0.5) is 4.79 Å². The van der Waals surface area contributed by atoms with Crippen molar-refractivity contribution in [3.8, 4) is 0 Å². The van der Waals surface area contributed by atoms with Gasteiger partial charge in [0, 0.05) is 19.3 Å². The first-order valence-electron chi connectivity index (χ1n) is 8.89. The Morgan fingerprint density at radius 1 is 1.40 bits per heavy atom. The number of pyridine rings is 1. The summed E-state index contributed by atoms with van der Waals surface area (Å²) in [6.07, 6.45) is 3.77. The standard InChI is InChI=1S/C19H30N2O3Si/c1-13-11-15(14-7-9-21(10-8-14)18(22)23)12-20-16(13)17(19(2,3)4)24-25(5)6/h7,11-12,17,25H,8-10H2,1-6H3,(H,22,23). The zero-order valence-electron chi connectivity index (χ0n) is 16.2. The molecule has 0 fully saturated rings. The highest BCUT2D eigenvalue weighted by Crippen LogP contribution is 2.37. The molecule has 1 aliphatic rings. The molecule has 2 heterocycles. The smallest absolute Gasteiger partial charge is 0.407 e. The summed E-state index contributed by atoms with van der Waals surface area (Å²) in [5.74, 6) is 0. The molecule has 1 unspecified atom stereocenters. The summed E-state index contributed by atoms with van der Waals surface area (Å²) >= 11 is 0. The Labute approximate surface area is 152 Å². The molecule has 25 heavy (non-hydrogen) atoms. The fourth-order valence-electron chi connectivity index (χ4n) is 3.09. The Morgan fingerprint density at radius 3 is 2.52 bits per heavy atom. The number of carboxylic acid groups (broad SMARTS) is 1. The molecule has 138 valence electrons. The SMILES string of the molecule is Cc1cc(C2=CCN(C(=O)O)CC2)cnc1C(O[SiH](C)C)C(C)(C)C. The predicted octanol–water partition coefficient (Wildman–Crippen LogP) is 4.24. The lowest BCUT2D eigenvalue weighted by Crippen LogP contribution is -2.33. The first-order chi connectivity index (χ1) is 11.6. The van der Waals surface area contributed by atoms with Crippen LogP contribution in [0.25, 0.3) is 5.57 Å². The van der Waals surface area contributed by atoms with E-state index in [1.165, 1.54) is 10.5 Å². The van der Waals surface area contributed by atoms with Crippen molar-refractivity contribution in [2.75, 3.05) is 13.1 Å². The fraction of sp³-hybridized carbons (Fsp3) is 0.579. The molecule has 1 aliphatic heterocycles. The summed E-state index contributed by atoms with van der Waals surface area (Å²) in [5.41, 5.74) is 4.39. The Morgan fingerprint density at radius 2 is 2.08 bits per heavy atom. The molecule has 0 aromatic carbocycles. The van der Waals surface area contributed by atoms with E-state index < -0.39 is 15.1 Å². The molecular weight excluding hydrogens is 332 g/mol. The van der Waals surface area contributed by atoms with Gasteiger partial charge in [-0.15, -0.1) is 0 Å². The van der Waals surface area contributed by atoms with Crippen molar-refractivity contribution in [2.45, 2.75) is 53.3 Å². The highest BCUT2D eigenvalue weighted by atomic mass is 28.3. The number of rotatable bonds is 4. The predicted molar refractivity (Wildman–Crippen MR) is 103 cm³/mol. The van der Waals surface area contributed by atoms with Gasteiger partial charge in [0.25, 0.3) is 0 Å². The van der Waals surface area contributed by atoms with E-state index in [1.54, 1.807) is 0 Å². The third-order valence-electron chi connectivity index (χ3n) is 4.41. The number of nitrogens with zero attached hydrogens (tertiary/aromatic N) is 2. The van der Waals surface area contributed by atoms with Gasteiger partial charge in [-0.25, -0.2) is 4.79 Å². The molecule has 1 N–H and O–H groups in total. The number of carbonyl (C=O) groups is 1. The van der Waals surface area contributed by atoms with Crippen LogP contribution in [0.3, 0.4) is 0 Å². The quantitative estimate of drug-likeness (QED) is 0.814. The van der Waals surface area contributed by atoms with E-state index in [1.807, 2.05) is 12.3 Å². The third kappa shape index (κ3) is 4.92. The van der Waals surface area contributed by atoms with Crippen LogP contribution in [0, 0.1) is 12.3 Å². The van der Waals surface area contributed by atoms with Crippen molar-refractivity contribution in [3.63, 3.8) is 0 Å². The normalized spacial score (nSPS) is 16.8. The Hall–Kier alpha value is -1.66. The largest absolute Gasteiger partial charge is 0.465 e. The highest BCUT2D eigenvalue weighted by molar-refractivity contribution is 6.48.